The Morgan fingerprint density at radius 1 is 1.62 bits per heavy atom. The van der Waals surface area contributed by atoms with Crippen molar-refractivity contribution in [2.24, 2.45) is 5.92 Å². The molecule has 0 aromatic heterocycles. The van der Waals surface area contributed by atoms with Crippen LogP contribution in [0.5, 0.6) is 0 Å². The molecule has 2 radical (unpaired) electrons. The van der Waals surface area contributed by atoms with E-state index in [0.717, 1.165) is 6.42 Å². The molecule has 4 nitrogen and oxygen atoms in total. The minimum absolute atomic E-state index is 0.208. The average Bonchev–Trinajstić information content (AvgIpc) is 2.52. The van der Waals surface area contributed by atoms with E-state index in [4.69, 9.17) is 7.85 Å². The van der Waals surface area contributed by atoms with Gasteiger partial charge in [-0.15, -0.1) is 0 Å². The zero-order chi connectivity index (χ0) is 9.84. The maximum absolute atomic E-state index is 10.9. The van der Waals surface area contributed by atoms with Crippen LogP contribution in [0.4, 0.5) is 4.79 Å². The normalized spacial score (nSPS) is 21.6. The van der Waals surface area contributed by atoms with Crippen molar-refractivity contribution in [3.63, 3.8) is 0 Å². The maximum atomic E-state index is 10.9. The van der Waals surface area contributed by atoms with Crippen LogP contribution in [-0.4, -0.2) is 44.7 Å². The van der Waals surface area contributed by atoms with Gasteiger partial charge >= 0.3 is 5.97 Å². The van der Waals surface area contributed by atoms with Crippen LogP contribution in [0.15, 0.2) is 0 Å². The van der Waals surface area contributed by atoms with Gasteiger partial charge in [-0.1, -0.05) is 0 Å². The Labute approximate surface area is 78.6 Å². The molecule has 1 aliphatic rings. The lowest BCUT2D eigenvalue weighted by molar-refractivity contribution is -0.141. The van der Waals surface area contributed by atoms with Gasteiger partial charge in [-0.2, -0.15) is 0 Å². The number of nitrogens with zero attached hydrogens (tertiary/aromatic N) is 1. The zero-order valence-electron chi connectivity index (χ0n) is 7.66. The molecule has 0 aromatic carbocycles. The number of rotatable bonds is 2. The van der Waals surface area contributed by atoms with Gasteiger partial charge in [0.05, 0.1) is 13.5 Å². The molecular weight excluding hydrogens is 169 g/mol. The van der Waals surface area contributed by atoms with Gasteiger partial charge in [0, 0.05) is 13.1 Å². The molecular formula is C8H12BNO3. The van der Waals surface area contributed by atoms with E-state index in [-0.39, 0.29) is 11.9 Å². The summed E-state index contributed by atoms with van der Waals surface area (Å²) in [6, 6.07) is 0. The molecule has 1 saturated heterocycles. The van der Waals surface area contributed by atoms with Gasteiger partial charge in [-0.3, -0.25) is 9.59 Å². The number of amides is 1. The van der Waals surface area contributed by atoms with E-state index in [2.05, 4.69) is 4.74 Å². The smallest absolute Gasteiger partial charge is 0.305 e. The zero-order valence-corrected chi connectivity index (χ0v) is 7.66. The van der Waals surface area contributed by atoms with Gasteiger partial charge in [-0.25, -0.2) is 0 Å². The molecule has 5 heteroatoms. The molecule has 1 amide bonds. The van der Waals surface area contributed by atoms with Crippen molar-refractivity contribution in [3.05, 3.63) is 0 Å². The number of methoxy groups -OCH3 is 1. The van der Waals surface area contributed by atoms with Crippen molar-refractivity contribution in [3.8, 4) is 0 Å². The first-order valence-corrected chi connectivity index (χ1v) is 4.24. The lowest BCUT2D eigenvalue weighted by atomic mass is 10.1. The van der Waals surface area contributed by atoms with Gasteiger partial charge < -0.3 is 9.64 Å². The van der Waals surface area contributed by atoms with Crippen molar-refractivity contribution in [1.29, 1.82) is 0 Å². The molecule has 0 saturated carbocycles. The van der Waals surface area contributed by atoms with E-state index >= 15 is 0 Å². The average molecular weight is 181 g/mol. The highest BCUT2D eigenvalue weighted by Crippen LogP contribution is 2.19. The summed E-state index contributed by atoms with van der Waals surface area (Å²) in [4.78, 5) is 23.2. The predicted molar refractivity (Wildman–Crippen MR) is 47.5 cm³/mol. The van der Waals surface area contributed by atoms with Crippen LogP contribution in [0.2, 0.25) is 0 Å². The summed E-state index contributed by atoms with van der Waals surface area (Å²) in [5.74, 6) is -0.427. The number of carbonyl (C=O) groups is 2. The molecule has 1 unspecified atom stereocenters. The van der Waals surface area contributed by atoms with Crippen LogP contribution >= 0.6 is 0 Å². The van der Waals surface area contributed by atoms with Gasteiger partial charge in [-0.05, 0) is 12.3 Å². The molecule has 0 aliphatic carbocycles. The summed E-state index contributed by atoms with van der Waals surface area (Å²) in [5.41, 5.74) is 0. The molecule has 1 fully saturated rings. The number of carbonyl (C=O) groups excluding carboxylic acids is 2. The Morgan fingerprint density at radius 3 is 2.77 bits per heavy atom. The van der Waals surface area contributed by atoms with Gasteiger partial charge in [0.2, 0.25) is 7.85 Å². The molecule has 13 heavy (non-hydrogen) atoms. The van der Waals surface area contributed by atoms with Crippen LogP contribution in [0, 0.1) is 5.92 Å². The molecule has 0 N–H and O–H groups in total. The summed E-state index contributed by atoms with van der Waals surface area (Å²) in [6.07, 6.45) is 1.21. The number of hydrogen-bond acceptors (Lipinski definition) is 3. The topological polar surface area (TPSA) is 46.6 Å². The van der Waals surface area contributed by atoms with Gasteiger partial charge in [0.25, 0.3) is 0 Å². The van der Waals surface area contributed by atoms with E-state index in [1.165, 1.54) is 7.11 Å². The lowest BCUT2D eigenvalue weighted by Gasteiger charge is -2.13. The molecule has 1 rings (SSSR count). The molecule has 70 valence electrons. The monoisotopic (exact) mass is 181 g/mol. The maximum Gasteiger partial charge on any atom is 0.305 e. The SMILES string of the molecule is [B]C(=O)N1CCC(CC(=O)OC)C1. The largest absolute Gasteiger partial charge is 0.469 e. The van der Waals surface area contributed by atoms with Crippen molar-refractivity contribution >= 4 is 19.6 Å². The summed E-state index contributed by atoms with van der Waals surface area (Å²) in [7, 11) is 6.46. The fourth-order valence-corrected chi connectivity index (χ4v) is 1.52. The van der Waals surface area contributed by atoms with Crippen LogP contribution < -0.4 is 0 Å². The fourth-order valence-electron chi connectivity index (χ4n) is 1.52. The summed E-state index contributed by atoms with van der Waals surface area (Å²) in [5, 5.41) is 0. The van der Waals surface area contributed by atoms with Gasteiger partial charge in [0.1, 0.15) is 0 Å². The fraction of sp³-hybridized carbons (Fsp3) is 0.750. The first kappa shape index (κ1) is 10.1. The third kappa shape index (κ3) is 2.75. The lowest BCUT2D eigenvalue weighted by Crippen LogP contribution is -2.27. The first-order chi connectivity index (χ1) is 6.13. The highest BCUT2D eigenvalue weighted by atomic mass is 16.5. The molecule has 1 atom stereocenters. The third-order valence-electron chi connectivity index (χ3n) is 2.28. The first-order valence-electron chi connectivity index (χ1n) is 4.24. The molecule has 0 spiro atoms. The summed E-state index contributed by atoms with van der Waals surface area (Å²) < 4.78 is 4.53. The molecule has 1 heterocycles. The van der Waals surface area contributed by atoms with E-state index in [9.17, 15) is 9.59 Å². The van der Waals surface area contributed by atoms with Crippen LogP contribution in [0.3, 0.4) is 0 Å². The number of hydrogen-bond donors (Lipinski definition) is 0. The quantitative estimate of drug-likeness (QED) is 0.450. The highest BCUT2D eigenvalue weighted by molar-refractivity contribution is 6.56. The van der Waals surface area contributed by atoms with Crippen molar-refractivity contribution in [2.45, 2.75) is 12.8 Å². The Kier molecular flexibility index (Phi) is 3.34. The second kappa shape index (κ2) is 4.30. The third-order valence-corrected chi connectivity index (χ3v) is 2.28. The Bertz CT molecular complexity index is 219. The van der Waals surface area contributed by atoms with E-state index < -0.39 is 5.81 Å². The van der Waals surface area contributed by atoms with E-state index in [1.54, 1.807) is 4.90 Å². The second-order valence-electron chi connectivity index (χ2n) is 3.22. The minimum atomic E-state index is -0.410. The molecule has 0 aromatic rings. The van der Waals surface area contributed by atoms with E-state index in [1.807, 2.05) is 0 Å². The summed E-state index contributed by atoms with van der Waals surface area (Å²) in [6.45, 7) is 1.22. The van der Waals surface area contributed by atoms with E-state index in [0.29, 0.717) is 19.5 Å². The molecule has 1 aliphatic heterocycles. The number of ether oxygens (including phenoxy) is 1. The summed E-state index contributed by atoms with van der Waals surface area (Å²) >= 11 is 0. The number of esters is 1. The second-order valence-corrected chi connectivity index (χ2v) is 3.22. The molecule has 0 bridgehead atoms. The van der Waals surface area contributed by atoms with Crippen LogP contribution in [0.25, 0.3) is 0 Å². The van der Waals surface area contributed by atoms with Crippen LogP contribution in [-0.2, 0) is 9.53 Å². The van der Waals surface area contributed by atoms with Crippen LogP contribution in [0.1, 0.15) is 12.8 Å². The minimum Gasteiger partial charge on any atom is -0.469 e. The standard InChI is InChI=1S/C8H12BNO3/c1-13-7(11)4-6-2-3-10(5-6)8(9)12/h6H,2-5H2,1H3. The van der Waals surface area contributed by atoms with Crippen molar-refractivity contribution in [1.82, 2.24) is 4.90 Å². The Balaban J connectivity index is 2.33. The van der Waals surface area contributed by atoms with Crippen molar-refractivity contribution < 1.29 is 14.3 Å². The highest BCUT2D eigenvalue weighted by Gasteiger charge is 2.25. The number of likely N-dealkylation sites (tertiary alicyclic amines) is 1. The van der Waals surface area contributed by atoms with Gasteiger partial charge in [0.15, 0.2) is 5.81 Å². The predicted octanol–water partition coefficient (Wildman–Crippen LogP) is 0.160. The Hall–Kier alpha value is -0.995. The van der Waals surface area contributed by atoms with Crippen molar-refractivity contribution in [2.75, 3.05) is 20.2 Å². The Morgan fingerprint density at radius 2 is 2.31 bits per heavy atom.